The first kappa shape index (κ1) is 14.0. The average molecular weight is 252 g/mol. The molecule has 0 spiro atoms. The first-order valence-electron chi connectivity index (χ1n) is 5.57. The quantitative estimate of drug-likeness (QED) is 0.583. The molecule has 0 heterocycles. The molecule has 1 aromatic rings. The summed E-state index contributed by atoms with van der Waals surface area (Å²) in [5, 5.41) is 0. The molecule has 18 heavy (non-hydrogen) atoms. The first-order valence-corrected chi connectivity index (χ1v) is 5.57. The molecule has 1 amide bonds. The molecule has 0 aliphatic heterocycles. The van der Waals surface area contributed by atoms with Crippen LogP contribution in [0, 0.1) is 0 Å². The van der Waals surface area contributed by atoms with E-state index in [9.17, 15) is 9.59 Å². The maximum Gasteiger partial charge on any atom is 0.421 e. The number of nitrogens with one attached hydrogen (secondary N) is 2. The van der Waals surface area contributed by atoms with E-state index < -0.39 is 12.1 Å². The highest BCUT2D eigenvalue weighted by molar-refractivity contribution is 5.72. The summed E-state index contributed by atoms with van der Waals surface area (Å²) in [6.07, 6.45) is -0.631. The predicted molar refractivity (Wildman–Crippen MR) is 64.4 cm³/mol. The van der Waals surface area contributed by atoms with Crippen molar-refractivity contribution in [3.8, 4) is 0 Å². The van der Waals surface area contributed by atoms with E-state index in [1.165, 1.54) is 0 Å². The van der Waals surface area contributed by atoms with E-state index in [2.05, 4.69) is 15.6 Å². The van der Waals surface area contributed by atoms with Crippen molar-refractivity contribution in [2.75, 3.05) is 13.2 Å². The van der Waals surface area contributed by atoms with Crippen molar-refractivity contribution in [1.29, 1.82) is 0 Å². The summed E-state index contributed by atoms with van der Waals surface area (Å²) in [6.45, 7) is 2.05. The van der Waals surface area contributed by atoms with Gasteiger partial charge < -0.3 is 9.47 Å². The predicted octanol–water partition coefficient (Wildman–Crippen LogP) is 0.980. The summed E-state index contributed by atoms with van der Waals surface area (Å²) in [5.41, 5.74) is 5.51. The van der Waals surface area contributed by atoms with Crippen LogP contribution in [0.2, 0.25) is 0 Å². The van der Waals surface area contributed by atoms with Crippen LogP contribution in [0.1, 0.15) is 12.5 Å². The van der Waals surface area contributed by atoms with Crippen molar-refractivity contribution in [2.24, 2.45) is 0 Å². The molecule has 2 N–H and O–H groups in total. The van der Waals surface area contributed by atoms with Crippen molar-refractivity contribution in [2.45, 2.75) is 13.5 Å². The topological polar surface area (TPSA) is 76.7 Å². The number of benzene rings is 1. The number of rotatable bonds is 6. The Kier molecular flexibility index (Phi) is 6.27. The van der Waals surface area contributed by atoms with Crippen LogP contribution in [0.5, 0.6) is 0 Å². The maximum atomic E-state index is 11.3. The van der Waals surface area contributed by atoms with Crippen LogP contribution in [0.15, 0.2) is 30.3 Å². The molecule has 0 aliphatic carbocycles. The number of carbonyl (C=O) groups excluding carboxylic acids is 2. The molecule has 98 valence electrons. The number of hydrogen-bond acceptors (Lipinski definition) is 5. The van der Waals surface area contributed by atoms with E-state index in [0.29, 0.717) is 0 Å². The second-order valence-electron chi connectivity index (χ2n) is 3.35. The van der Waals surface area contributed by atoms with E-state index in [4.69, 9.17) is 4.74 Å². The second kappa shape index (κ2) is 8.08. The number of ether oxygens (including phenoxy) is 2. The van der Waals surface area contributed by atoms with Crippen molar-refractivity contribution < 1.29 is 19.1 Å². The van der Waals surface area contributed by atoms with Crippen LogP contribution in [0.4, 0.5) is 4.79 Å². The van der Waals surface area contributed by atoms with Crippen molar-refractivity contribution in [3.05, 3.63) is 35.9 Å². The Bertz CT molecular complexity index is 381. The molecule has 6 nitrogen and oxygen atoms in total. The minimum Gasteiger partial charge on any atom is -0.460 e. The molecule has 0 atom stereocenters. The SMILES string of the molecule is CCOC(=O)NNCC(=O)OCc1ccccc1. The van der Waals surface area contributed by atoms with Crippen LogP contribution in [-0.4, -0.2) is 25.2 Å². The molecule has 1 rings (SSSR count). The zero-order chi connectivity index (χ0) is 13.2. The fraction of sp³-hybridized carbons (Fsp3) is 0.333. The van der Waals surface area contributed by atoms with E-state index in [-0.39, 0.29) is 19.8 Å². The molecule has 0 aliphatic rings. The van der Waals surface area contributed by atoms with Gasteiger partial charge in [0.25, 0.3) is 0 Å². The number of amides is 1. The molecule has 0 radical (unpaired) electrons. The van der Waals surface area contributed by atoms with Crippen LogP contribution < -0.4 is 10.9 Å². The van der Waals surface area contributed by atoms with E-state index >= 15 is 0 Å². The van der Waals surface area contributed by atoms with E-state index in [1.807, 2.05) is 30.3 Å². The van der Waals surface area contributed by atoms with Gasteiger partial charge in [0, 0.05) is 0 Å². The highest BCUT2D eigenvalue weighted by atomic mass is 16.6. The van der Waals surface area contributed by atoms with Crippen molar-refractivity contribution in [1.82, 2.24) is 10.9 Å². The molecule has 0 bridgehead atoms. The first-order chi connectivity index (χ1) is 8.72. The Morgan fingerprint density at radius 3 is 2.56 bits per heavy atom. The maximum absolute atomic E-state index is 11.3. The van der Waals surface area contributed by atoms with Gasteiger partial charge in [0.15, 0.2) is 0 Å². The molecule has 0 aromatic heterocycles. The number of esters is 1. The lowest BCUT2D eigenvalue weighted by Gasteiger charge is -2.07. The zero-order valence-corrected chi connectivity index (χ0v) is 10.1. The molecule has 0 saturated heterocycles. The van der Waals surface area contributed by atoms with Crippen LogP contribution in [0.3, 0.4) is 0 Å². The Morgan fingerprint density at radius 2 is 1.89 bits per heavy atom. The number of hydrazine groups is 1. The minimum atomic E-state index is -0.631. The summed E-state index contributed by atoms with van der Waals surface area (Å²) < 4.78 is 9.56. The van der Waals surface area contributed by atoms with Gasteiger partial charge in [0.1, 0.15) is 13.2 Å². The van der Waals surface area contributed by atoms with Gasteiger partial charge in [-0.25, -0.2) is 10.2 Å². The monoisotopic (exact) mass is 252 g/mol. The second-order valence-corrected chi connectivity index (χ2v) is 3.35. The Labute approximate surface area is 105 Å². The highest BCUT2D eigenvalue weighted by Crippen LogP contribution is 2.00. The van der Waals surface area contributed by atoms with Gasteiger partial charge in [-0.3, -0.25) is 10.2 Å². The summed E-state index contributed by atoms with van der Waals surface area (Å²) >= 11 is 0. The normalized spacial score (nSPS) is 9.61. The zero-order valence-electron chi connectivity index (χ0n) is 10.1. The lowest BCUT2D eigenvalue weighted by molar-refractivity contribution is -0.143. The molecule has 6 heteroatoms. The largest absolute Gasteiger partial charge is 0.460 e. The highest BCUT2D eigenvalue weighted by Gasteiger charge is 2.04. The fourth-order valence-corrected chi connectivity index (χ4v) is 1.14. The third kappa shape index (κ3) is 5.86. The lowest BCUT2D eigenvalue weighted by Crippen LogP contribution is -2.41. The van der Waals surface area contributed by atoms with Gasteiger partial charge in [-0.2, -0.15) is 0 Å². The summed E-state index contributed by atoms with van der Waals surface area (Å²) in [7, 11) is 0. The van der Waals surface area contributed by atoms with E-state index in [0.717, 1.165) is 5.56 Å². The third-order valence-electron chi connectivity index (χ3n) is 1.94. The van der Waals surface area contributed by atoms with Crippen LogP contribution in [-0.2, 0) is 20.9 Å². The standard InChI is InChI=1S/C12H16N2O4/c1-2-17-12(16)14-13-8-11(15)18-9-10-6-4-3-5-7-10/h3-7,13H,2,8-9H2,1H3,(H,14,16). The van der Waals surface area contributed by atoms with Gasteiger partial charge in [-0.15, -0.1) is 0 Å². The van der Waals surface area contributed by atoms with E-state index in [1.54, 1.807) is 6.92 Å². The van der Waals surface area contributed by atoms with Gasteiger partial charge in [-0.05, 0) is 12.5 Å². The smallest absolute Gasteiger partial charge is 0.421 e. The number of carbonyl (C=O) groups is 2. The molecular formula is C12H16N2O4. The van der Waals surface area contributed by atoms with Gasteiger partial charge in [0.2, 0.25) is 0 Å². The van der Waals surface area contributed by atoms with Crippen molar-refractivity contribution in [3.63, 3.8) is 0 Å². The van der Waals surface area contributed by atoms with Gasteiger partial charge in [-0.1, -0.05) is 30.3 Å². The summed E-state index contributed by atoms with van der Waals surface area (Å²) in [4.78, 5) is 22.1. The summed E-state index contributed by atoms with van der Waals surface area (Å²) in [6, 6.07) is 9.33. The molecule has 0 unspecified atom stereocenters. The van der Waals surface area contributed by atoms with Crippen molar-refractivity contribution >= 4 is 12.1 Å². The molecule has 0 saturated carbocycles. The molecule has 1 aromatic carbocycles. The number of hydrogen-bond donors (Lipinski definition) is 2. The average Bonchev–Trinajstić information content (AvgIpc) is 2.38. The fourth-order valence-electron chi connectivity index (χ4n) is 1.14. The Hall–Kier alpha value is -2.08. The van der Waals surface area contributed by atoms with Crippen LogP contribution in [0.25, 0.3) is 0 Å². The Morgan fingerprint density at radius 1 is 1.17 bits per heavy atom. The van der Waals surface area contributed by atoms with Crippen LogP contribution >= 0.6 is 0 Å². The lowest BCUT2D eigenvalue weighted by atomic mass is 10.2. The minimum absolute atomic E-state index is 0.119. The summed E-state index contributed by atoms with van der Waals surface area (Å²) in [5.74, 6) is -0.462. The van der Waals surface area contributed by atoms with Gasteiger partial charge >= 0.3 is 12.1 Å². The molecule has 0 fully saturated rings. The Balaban J connectivity index is 2.13. The van der Waals surface area contributed by atoms with Gasteiger partial charge in [0.05, 0.1) is 6.61 Å². The third-order valence-corrected chi connectivity index (χ3v) is 1.94. The molecular weight excluding hydrogens is 236 g/mol.